The number of fused-ring (bicyclic) bond motifs is 1. The zero-order valence-corrected chi connectivity index (χ0v) is 9.92. The Kier molecular flexibility index (Phi) is 2.68. The van der Waals surface area contributed by atoms with Crippen LogP contribution in [0.5, 0.6) is 0 Å². The lowest BCUT2D eigenvalue weighted by Gasteiger charge is -1.99. The van der Waals surface area contributed by atoms with E-state index < -0.39 is 17.5 Å². The Morgan fingerprint density at radius 1 is 1.05 bits per heavy atom. The summed E-state index contributed by atoms with van der Waals surface area (Å²) in [4.78, 5) is 6.99. The van der Waals surface area contributed by atoms with E-state index in [2.05, 4.69) is 9.97 Å². The van der Waals surface area contributed by atoms with Crippen LogP contribution in [0.25, 0.3) is 22.4 Å². The Balaban J connectivity index is 2.18. The molecular formula is C14H6F3N3. The van der Waals surface area contributed by atoms with Crippen LogP contribution >= 0.6 is 0 Å². The Hall–Kier alpha value is -2.81. The van der Waals surface area contributed by atoms with Gasteiger partial charge in [0.2, 0.25) is 0 Å². The summed E-state index contributed by atoms with van der Waals surface area (Å²) in [7, 11) is 0. The van der Waals surface area contributed by atoms with Gasteiger partial charge in [-0.05, 0) is 30.3 Å². The smallest absolute Gasteiger partial charge is 0.194 e. The van der Waals surface area contributed by atoms with Crippen LogP contribution in [0.3, 0.4) is 0 Å². The van der Waals surface area contributed by atoms with Gasteiger partial charge < -0.3 is 4.98 Å². The molecule has 0 spiro atoms. The molecule has 3 rings (SSSR count). The van der Waals surface area contributed by atoms with Crippen LogP contribution < -0.4 is 0 Å². The molecule has 0 fully saturated rings. The number of nitrogens with one attached hydrogen (secondary N) is 1. The second-order valence-electron chi connectivity index (χ2n) is 4.18. The normalized spacial score (nSPS) is 10.7. The fourth-order valence-corrected chi connectivity index (χ4v) is 1.91. The van der Waals surface area contributed by atoms with E-state index in [-0.39, 0.29) is 11.4 Å². The highest BCUT2D eigenvalue weighted by Crippen LogP contribution is 2.24. The van der Waals surface area contributed by atoms with Crippen molar-refractivity contribution in [2.45, 2.75) is 0 Å². The second kappa shape index (κ2) is 4.38. The molecule has 0 saturated heterocycles. The first-order chi connectivity index (χ1) is 9.58. The third kappa shape index (κ3) is 1.89. The molecular weight excluding hydrogens is 267 g/mol. The summed E-state index contributed by atoms with van der Waals surface area (Å²) in [6.45, 7) is 0. The van der Waals surface area contributed by atoms with Gasteiger partial charge in [-0.2, -0.15) is 5.26 Å². The Morgan fingerprint density at radius 3 is 2.40 bits per heavy atom. The highest BCUT2D eigenvalue weighted by Gasteiger charge is 2.14. The molecule has 0 radical (unpaired) electrons. The highest BCUT2D eigenvalue weighted by molar-refractivity contribution is 5.80. The topological polar surface area (TPSA) is 52.5 Å². The number of nitriles is 1. The van der Waals surface area contributed by atoms with Gasteiger partial charge in [-0.25, -0.2) is 18.2 Å². The number of aromatic nitrogens is 2. The summed E-state index contributed by atoms with van der Waals surface area (Å²) in [5, 5.41) is 8.80. The maximum atomic E-state index is 13.2. The van der Waals surface area contributed by atoms with Crippen molar-refractivity contribution in [3.8, 4) is 17.5 Å². The van der Waals surface area contributed by atoms with Crippen molar-refractivity contribution in [1.82, 2.24) is 9.97 Å². The van der Waals surface area contributed by atoms with Crippen LogP contribution in [-0.4, -0.2) is 9.97 Å². The molecule has 0 atom stereocenters. The third-order valence-corrected chi connectivity index (χ3v) is 2.87. The van der Waals surface area contributed by atoms with E-state index >= 15 is 0 Å². The summed E-state index contributed by atoms with van der Waals surface area (Å²) < 4.78 is 39.3. The Morgan fingerprint density at radius 2 is 1.75 bits per heavy atom. The zero-order valence-electron chi connectivity index (χ0n) is 9.92. The number of benzene rings is 2. The van der Waals surface area contributed by atoms with Gasteiger partial charge in [-0.15, -0.1) is 0 Å². The van der Waals surface area contributed by atoms with Crippen molar-refractivity contribution in [2.24, 2.45) is 0 Å². The molecule has 0 amide bonds. The van der Waals surface area contributed by atoms with Crippen LogP contribution in [0.1, 0.15) is 5.56 Å². The molecule has 6 heteroatoms. The van der Waals surface area contributed by atoms with E-state index in [0.29, 0.717) is 16.6 Å². The van der Waals surface area contributed by atoms with Gasteiger partial charge in [-0.3, -0.25) is 0 Å². The van der Waals surface area contributed by atoms with Gasteiger partial charge >= 0.3 is 0 Å². The molecule has 0 saturated carbocycles. The predicted molar refractivity (Wildman–Crippen MR) is 66.1 cm³/mol. The summed E-state index contributed by atoms with van der Waals surface area (Å²) >= 11 is 0. The van der Waals surface area contributed by atoms with Gasteiger partial charge in [0.1, 0.15) is 5.82 Å². The largest absolute Gasteiger partial charge is 0.338 e. The molecule has 0 aliphatic carbocycles. The van der Waals surface area contributed by atoms with Gasteiger partial charge in [0.05, 0.1) is 22.7 Å². The average molecular weight is 273 g/mol. The van der Waals surface area contributed by atoms with Crippen molar-refractivity contribution in [3.63, 3.8) is 0 Å². The van der Waals surface area contributed by atoms with Gasteiger partial charge in [0, 0.05) is 5.56 Å². The van der Waals surface area contributed by atoms with E-state index in [9.17, 15) is 13.2 Å². The average Bonchev–Trinajstić information content (AvgIpc) is 2.86. The van der Waals surface area contributed by atoms with Crippen LogP contribution in [0.4, 0.5) is 13.2 Å². The van der Waals surface area contributed by atoms with Crippen molar-refractivity contribution >= 4 is 11.0 Å². The fraction of sp³-hybridized carbons (Fsp3) is 0. The van der Waals surface area contributed by atoms with E-state index in [1.165, 1.54) is 0 Å². The number of rotatable bonds is 1. The zero-order chi connectivity index (χ0) is 14.3. The molecule has 0 unspecified atom stereocenters. The van der Waals surface area contributed by atoms with E-state index in [0.717, 1.165) is 12.1 Å². The van der Waals surface area contributed by atoms with Crippen molar-refractivity contribution in [1.29, 1.82) is 5.26 Å². The van der Waals surface area contributed by atoms with Crippen molar-refractivity contribution in [3.05, 3.63) is 53.3 Å². The lowest BCUT2D eigenvalue weighted by Crippen LogP contribution is -1.92. The van der Waals surface area contributed by atoms with Crippen LogP contribution in [0, 0.1) is 28.8 Å². The van der Waals surface area contributed by atoms with Crippen LogP contribution in [0.2, 0.25) is 0 Å². The van der Waals surface area contributed by atoms with E-state index in [1.54, 1.807) is 18.2 Å². The fourth-order valence-electron chi connectivity index (χ4n) is 1.91. The first-order valence-corrected chi connectivity index (χ1v) is 5.63. The summed E-state index contributed by atoms with van der Waals surface area (Å²) in [5.41, 5.74) is 1.63. The first-order valence-electron chi connectivity index (χ1n) is 5.63. The molecule has 98 valence electrons. The molecule has 2 aromatic carbocycles. The molecule has 1 N–H and O–H groups in total. The number of nitrogens with zero attached hydrogens (tertiary/aromatic N) is 2. The molecule has 0 aliphatic rings. The lowest BCUT2D eigenvalue weighted by molar-refractivity contribution is 0.447. The summed E-state index contributed by atoms with van der Waals surface area (Å²) in [5.74, 6) is -3.87. The number of hydrogen-bond donors (Lipinski definition) is 1. The maximum absolute atomic E-state index is 13.2. The number of H-pyrrole nitrogens is 1. The number of hydrogen-bond acceptors (Lipinski definition) is 2. The second-order valence-corrected chi connectivity index (χ2v) is 4.18. The predicted octanol–water partition coefficient (Wildman–Crippen LogP) is 3.52. The number of imidazole rings is 1. The monoisotopic (exact) mass is 273 g/mol. The molecule has 3 nitrogen and oxygen atoms in total. The third-order valence-electron chi connectivity index (χ3n) is 2.87. The van der Waals surface area contributed by atoms with Gasteiger partial charge in [0.25, 0.3) is 0 Å². The van der Waals surface area contributed by atoms with E-state index in [4.69, 9.17) is 5.26 Å². The standard InChI is InChI=1S/C14H6F3N3/c15-9-4-8(5-10(16)13(9)17)14-19-11-2-1-7(6-18)3-12(11)20-14/h1-5H,(H,19,20). The van der Waals surface area contributed by atoms with E-state index in [1.807, 2.05) is 6.07 Å². The summed E-state index contributed by atoms with van der Waals surface area (Å²) in [6, 6.07) is 8.47. The molecule has 0 bridgehead atoms. The van der Waals surface area contributed by atoms with Crippen molar-refractivity contribution < 1.29 is 13.2 Å². The number of aromatic amines is 1. The molecule has 1 aromatic heterocycles. The van der Waals surface area contributed by atoms with Crippen LogP contribution in [-0.2, 0) is 0 Å². The quantitative estimate of drug-likeness (QED) is 0.690. The lowest BCUT2D eigenvalue weighted by atomic mass is 10.2. The highest BCUT2D eigenvalue weighted by atomic mass is 19.2. The molecule has 3 aromatic rings. The molecule has 0 aliphatic heterocycles. The van der Waals surface area contributed by atoms with Crippen molar-refractivity contribution in [2.75, 3.05) is 0 Å². The van der Waals surface area contributed by atoms with Crippen LogP contribution in [0.15, 0.2) is 30.3 Å². The maximum Gasteiger partial charge on any atom is 0.194 e. The number of halogens is 3. The first kappa shape index (κ1) is 12.2. The van der Waals surface area contributed by atoms with Gasteiger partial charge in [0.15, 0.2) is 17.5 Å². The van der Waals surface area contributed by atoms with Gasteiger partial charge in [-0.1, -0.05) is 0 Å². The Labute approximate surface area is 111 Å². The molecule has 20 heavy (non-hydrogen) atoms. The minimum absolute atomic E-state index is 0.0936. The summed E-state index contributed by atoms with van der Waals surface area (Å²) in [6.07, 6.45) is 0. The molecule has 1 heterocycles. The minimum Gasteiger partial charge on any atom is -0.338 e. The Bertz CT molecular complexity index is 839. The minimum atomic E-state index is -1.52. The SMILES string of the molecule is N#Cc1ccc2nc(-c3cc(F)c(F)c(F)c3)[nH]c2c1.